The van der Waals surface area contributed by atoms with Crippen LogP contribution in [0.3, 0.4) is 0 Å². The van der Waals surface area contributed by atoms with Crippen LogP contribution < -0.4 is 5.32 Å². The number of aromatic nitrogens is 4. The van der Waals surface area contributed by atoms with E-state index in [9.17, 15) is 28.5 Å². The minimum Gasteiger partial charge on any atom is -0.394 e. The van der Waals surface area contributed by atoms with Crippen LogP contribution in [-0.4, -0.2) is 90.1 Å². The predicted octanol–water partition coefficient (Wildman–Crippen LogP) is 1.26. The topological polar surface area (TPSA) is 126 Å². The highest BCUT2D eigenvalue weighted by Crippen LogP contribution is 2.33. The van der Waals surface area contributed by atoms with E-state index in [1.165, 1.54) is 0 Å². The number of thioether (sulfide) groups is 2. The smallest absolute Gasteiger partial charge is 0.389 e. The number of nitrogens with zero attached hydrogens (tertiary/aromatic N) is 4. The summed E-state index contributed by atoms with van der Waals surface area (Å²) in [4.78, 5) is 12.1. The molecule has 1 fully saturated rings. The molecular weight excluding hydrogens is 447 g/mol. The summed E-state index contributed by atoms with van der Waals surface area (Å²) in [6.45, 7) is -3.72. The van der Waals surface area contributed by atoms with Crippen LogP contribution in [0.2, 0.25) is 0 Å². The maximum absolute atomic E-state index is 12.6. The molecule has 0 aromatic carbocycles. The van der Waals surface area contributed by atoms with Gasteiger partial charge in [-0.05, 0) is 6.18 Å². The van der Waals surface area contributed by atoms with Crippen molar-refractivity contribution in [2.45, 2.75) is 42.3 Å². The van der Waals surface area contributed by atoms with Crippen molar-refractivity contribution in [3.8, 4) is 0 Å². The summed E-state index contributed by atoms with van der Waals surface area (Å²) < 4.78 is 98.4. The Morgan fingerprint density at radius 3 is 2.83 bits per heavy atom. The lowest BCUT2D eigenvalue weighted by atomic mass is 10.1. The number of halogens is 3. The first-order valence-corrected chi connectivity index (χ1v) is 10.2. The Morgan fingerprint density at radius 1 is 1.37 bits per heavy atom. The summed E-state index contributed by atoms with van der Waals surface area (Å²) in [5, 5.41) is 31.6. The monoisotopic (exact) mass is 476 g/mol. The van der Waals surface area contributed by atoms with E-state index in [0.29, 0.717) is 11.8 Å². The number of hydrogen-bond acceptors (Lipinski definition) is 10. The zero-order valence-electron chi connectivity index (χ0n) is 22.0. The maximum Gasteiger partial charge on any atom is 0.389 e. The SMILES string of the molecule is [2H]C([2H])([2H])SC([2H])([2H])C([2H])([2H])Nc1nc(SCCC(F)(F)F)nc2c1ncn2[C@@H]1O[C@H](CO)[C@@H](O)[C@H]1O. The molecule has 2 aromatic rings. The third-order valence-corrected chi connectivity index (χ3v) is 5.15. The zero-order valence-corrected chi connectivity index (χ0v) is 16.6. The second kappa shape index (κ2) is 9.87. The van der Waals surface area contributed by atoms with Crippen molar-refractivity contribution in [2.75, 3.05) is 36.1 Å². The van der Waals surface area contributed by atoms with Crippen LogP contribution in [0, 0.1) is 0 Å². The highest BCUT2D eigenvalue weighted by atomic mass is 32.2. The van der Waals surface area contributed by atoms with Gasteiger partial charge in [-0.2, -0.15) is 24.9 Å². The molecule has 1 aliphatic heterocycles. The number of anilines is 1. The standard InChI is InChI=1S/C16H22F3N5O4S2/c1-29-5-3-20-12-9-13(23-15(22-12)30-4-2-16(17,18)19)24(7-21-9)14-11(27)10(26)8(6-25)28-14/h7-8,10-11,14,25-27H,2-6H2,1H3,(H,20,22,23)/t8-,10-,11-,14-/m1/s1/i1D3,3D2,5D2. The molecule has 4 atom stereocenters. The molecule has 4 N–H and O–H groups in total. The first kappa shape index (κ1) is 15.5. The van der Waals surface area contributed by atoms with Crippen molar-refractivity contribution in [1.29, 1.82) is 0 Å². The number of hydrogen-bond donors (Lipinski definition) is 4. The molecule has 0 bridgehead atoms. The normalized spacial score (nSPS) is 29.5. The Bertz CT molecular complexity index is 1110. The van der Waals surface area contributed by atoms with Crippen LogP contribution in [0.4, 0.5) is 19.0 Å². The Balaban J connectivity index is 2.04. The van der Waals surface area contributed by atoms with Gasteiger partial charge >= 0.3 is 6.18 Å². The van der Waals surface area contributed by atoms with Crippen LogP contribution in [0.1, 0.15) is 22.2 Å². The number of aliphatic hydroxyl groups excluding tert-OH is 3. The Morgan fingerprint density at radius 2 is 2.17 bits per heavy atom. The highest BCUT2D eigenvalue weighted by molar-refractivity contribution is 7.99. The second-order valence-corrected chi connectivity index (χ2v) is 7.55. The van der Waals surface area contributed by atoms with Crippen LogP contribution >= 0.6 is 23.5 Å². The molecule has 9 nitrogen and oxygen atoms in total. The van der Waals surface area contributed by atoms with Gasteiger partial charge in [-0.3, -0.25) is 4.57 Å². The minimum absolute atomic E-state index is 0.179. The summed E-state index contributed by atoms with van der Waals surface area (Å²) in [6.07, 6.45) is -13.1. The van der Waals surface area contributed by atoms with E-state index in [1.54, 1.807) is 0 Å². The molecule has 0 unspecified atom stereocenters. The number of ether oxygens (including phenoxy) is 1. The molecule has 1 saturated heterocycles. The number of imidazole rings is 1. The Labute approximate surface area is 188 Å². The van der Waals surface area contributed by atoms with E-state index < -0.39 is 73.7 Å². The van der Waals surface area contributed by atoms with E-state index in [0.717, 1.165) is 10.9 Å². The number of fused-ring (bicyclic) bond motifs is 1. The number of aliphatic hydroxyl groups is 3. The van der Waals surface area contributed by atoms with Gasteiger partial charge in [-0.15, -0.1) is 0 Å². The van der Waals surface area contributed by atoms with Crippen LogP contribution in [0.15, 0.2) is 11.5 Å². The zero-order chi connectivity index (χ0) is 28.0. The Kier molecular flexibility index (Phi) is 5.09. The lowest BCUT2D eigenvalue weighted by molar-refractivity contribution is -0.129. The van der Waals surface area contributed by atoms with Gasteiger partial charge in [0, 0.05) is 27.5 Å². The molecule has 0 radical (unpaired) electrons. The number of nitrogens with one attached hydrogen (secondary N) is 1. The second-order valence-electron chi connectivity index (χ2n) is 6.08. The van der Waals surface area contributed by atoms with Gasteiger partial charge in [0.25, 0.3) is 0 Å². The fourth-order valence-corrected chi connectivity index (χ4v) is 3.64. The van der Waals surface area contributed by atoms with Gasteiger partial charge in [0.05, 0.1) is 19.4 Å². The van der Waals surface area contributed by atoms with Gasteiger partial charge in [0.1, 0.15) is 18.3 Å². The molecule has 3 heterocycles. The van der Waals surface area contributed by atoms with E-state index in [2.05, 4.69) is 20.3 Å². The van der Waals surface area contributed by atoms with Crippen molar-refractivity contribution >= 4 is 40.5 Å². The fraction of sp³-hybridized carbons (Fsp3) is 0.688. The van der Waals surface area contributed by atoms with E-state index in [1.807, 2.05) is 0 Å². The van der Waals surface area contributed by atoms with E-state index in [4.69, 9.17) is 14.3 Å². The lowest BCUT2D eigenvalue weighted by Gasteiger charge is -2.17. The first-order chi connectivity index (χ1) is 16.9. The summed E-state index contributed by atoms with van der Waals surface area (Å²) in [6, 6.07) is 0. The van der Waals surface area contributed by atoms with Gasteiger partial charge in [-0.1, -0.05) is 11.8 Å². The summed E-state index contributed by atoms with van der Waals surface area (Å²) >= 11 is 0.286. The van der Waals surface area contributed by atoms with Crippen LogP contribution in [-0.2, 0) is 4.74 Å². The number of rotatable bonds is 9. The van der Waals surface area contributed by atoms with E-state index in [-0.39, 0.29) is 28.1 Å². The molecule has 30 heavy (non-hydrogen) atoms. The molecule has 2 aromatic heterocycles. The maximum atomic E-state index is 12.6. The van der Waals surface area contributed by atoms with Crippen molar-refractivity contribution < 1.29 is 42.8 Å². The van der Waals surface area contributed by atoms with Gasteiger partial charge in [0.15, 0.2) is 28.4 Å². The summed E-state index contributed by atoms with van der Waals surface area (Å²) in [7, 11) is 0. The average Bonchev–Trinajstić information content (AvgIpc) is 3.26. The quantitative estimate of drug-likeness (QED) is 0.310. The molecular formula is C16H22F3N5O4S2. The first-order valence-electron chi connectivity index (χ1n) is 11.9. The molecule has 0 aliphatic carbocycles. The molecule has 0 spiro atoms. The van der Waals surface area contributed by atoms with Gasteiger partial charge in [0.2, 0.25) is 0 Å². The van der Waals surface area contributed by atoms with Crippen molar-refractivity contribution in [2.24, 2.45) is 0 Å². The average molecular weight is 477 g/mol. The predicted molar refractivity (Wildman–Crippen MR) is 107 cm³/mol. The summed E-state index contributed by atoms with van der Waals surface area (Å²) in [5.41, 5.74) is -3.43. The van der Waals surface area contributed by atoms with Gasteiger partial charge in [-0.25, -0.2) is 15.0 Å². The van der Waals surface area contributed by atoms with Crippen LogP contribution in [0.5, 0.6) is 0 Å². The number of alkyl halides is 3. The van der Waals surface area contributed by atoms with Crippen LogP contribution in [0.25, 0.3) is 11.2 Å². The largest absolute Gasteiger partial charge is 0.394 e. The van der Waals surface area contributed by atoms with Crippen molar-refractivity contribution in [1.82, 2.24) is 19.5 Å². The lowest BCUT2D eigenvalue weighted by Crippen LogP contribution is -2.33. The molecule has 1 aliphatic rings. The summed E-state index contributed by atoms with van der Waals surface area (Å²) in [5.74, 6) is -0.982. The van der Waals surface area contributed by atoms with Gasteiger partial charge < -0.3 is 25.4 Å². The van der Waals surface area contributed by atoms with Crippen molar-refractivity contribution in [3.63, 3.8) is 0 Å². The molecule has 168 valence electrons. The van der Waals surface area contributed by atoms with Crippen molar-refractivity contribution in [3.05, 3.63) is 6.33 Å². The third-order valence-electron chi connectivity index (χ3n) is 4.09. The van der Waals surface area contributed by atoms with E-state index >= 15 is 0 Å². The Hall–Kier alpha value is -1.32. The fourth-order valence-electron chi connectivity index (χ4n) is 2.71. The molecule has 0 saturated carbocycles. The molecule has 0 amide bonds. The highest BCUT2D eigenvalue weighted by Gasteiger charge is 2.44. The third kappa shape index (κ3) is 5.29. The molecule has 14 heteroatoms. The molecule has 3 rings (SSSR count). The minimum atomic E-state index is -4.47.